The zero-order valence-corrected chi connectivity index (χ0v) is 11.9. The van der Waals surface area contributed by atoms with Gasteiger partial charge in [-0.15, -0.1) is 0 Å². The highest BCUT2D eigenvalue weighted by molar-refractivity contribution is 6.03. The van der Waals surface area contributed by atoms with E-state index in [1.54, 1.807) is 0 Å². The number of primary amides is 1. The third kappa shape index (κ3) is 4.16. The van der Waals surface area contributed by atoms with Gasteiger partial charge in [-0.3, -0.25) is 19.7 Å². The number of nitrogens with zero attached hydrogens (tertiary/aromatic N) is 1. The summed E-state index contributed by atoms with van der Waals surface area (Å²) in [5.74, 6) is -1.28. The number of carbonyl (C=O) groups is 2. The maximum Gasteiger partial charge on any atom is 0.293 e. The Morgan fingerprint density at radius 1 is 1.43 bits per heavy atom. The number of hydrogen-bond acceptors (Lipinski definition) is 5. The predicted octanol–water partition coefficient (Wildman–Crippen LogP) is 1.02. The quantitative estimate of drug-likeness (QED) is 0.511. The van der Waals surface area contributed by atoms with Crippen molar-refractivity contribution in [1.29, 1.82) is 0 Å². The molecule has 4 N–H and O–H groups in total. The molecule has 0 fully saturated rings. The minimum Gasteiger partial charge on any atom is -0.379 e. The van der Waals surface area contributed by atoms with Crippen molar-refractivity contribution in [3.8, 4) is 0 Å². The summed E-state index contributed by atoms with van der Waals surface area (Å²) in [7, 11) is 0. The van der Waals surface area contributed by atoms with E-state index in [0.29, 0.717) is 6.54 Å². The molecule has 0 saturated heterocycles. The van der Waals surface area contributed by atoms with Crippen LogP contribution in [-0.2, 0) is 4.79 Å². The Hall–Kier alpha value is -2.64. The van der Waals surface area contributed by atoms with Crippen LogP contribution in [-0.4, -0.2) is 29.3 Å². The van der Waals surface area contributed by atoms with E-state index in [-0.39, 0.29) is 16.9 Å². The number of para-hydroxylation sites is 1. The molecule has 0 aliphatic rings. The van der Waals surface area contributed by atoms with Crippen LogP contribution in [0.4, 0.5) is 11.4 Å². The molecule has 0 saturated carbocycles. The molecule has 1 rings (SSSR count). The maximum atomic E-state index is 12.1. The fourth-order valence-corrected chi connectivity index (χ4v) is 1.66. The first-order chi connectivity index (χ1) is 9.88. The van der Waals surface area contributed by atoms with Crippen LogP contribution in [0.3, 0.4) is 0 Å². The standard InChI is InChI=1S/C13H18N4O4/c1-3-7-15-11-9(5-4-6-10(11)17(20)21)13(19)16-8(2)12(14)18/h4-6,8,15H,3,7H2,1-2H3,(H2,14,18)(H,16,19). The second kappa shape index (κ2) is 7.22. The molecule has 114 valence electrons. The van der Waals surface area contributed by atoms with Gasteiger partial charge >= 0.3 is 0 Å². The molecule has 2 amide bonds. The van der Waals surface area contributed by atoms with Crippen LogP contribution in [0, 0.1) is 10.1 Å². The molecule has 1 unspecified atom stereocenters. The van der Waals surface area contributed by atoms with Crippen molar-refractivity contribution in [2.24, 2.45) is 5.73 Å². The summed E-state index contributed by atoms with van der Waals surface area (Å²) >= 11 is 0. The number of nitro benzene ring substituents is 1. The van der Waals surface area contributed by atoms with E-state index in [9.17, 15) is 19.7 Å². The minimum absolute atomic E-state index is 0.103. The summed E-state index contributed by atoms with van der Waals surface area (Å²) in [5.41, 5.74) is 5.13. The van der Waals surface area contributed by atoms with Crippen LogP contribution >= 0.6 is 0 Å². The van der Waals surface area contributed by atoms with Gasteiger partial charge in [-0.1, -0.05) is 13.0 Å². The molecule has 0 aromatic heterocycles. The molecule has 8 nitrogen and oxygen atoms in total. The van der Waals surface area contributed by atoms with Crippen molar-refractivity contribution in [1.82, 2.24) is 5.32 Å². The number of nitrogens with one attached hydrogen (secondary N) is 2. The number of rotatable bonds is 7. The SMILES string of the molecule is CCCNc1c(C(=O)NC(C)C(N)=O)cccc1[N+](=O)[O-]. The molecule has 1 aromatic rings. The van der Waals surface area contributed by atoms with E-state index >= 15 is 0 Å². The Morgan fingerprint density at radius 3 is 2.62 bits per heavy atom. The molecule has 0 aliphatic heterocycles. The average molecular weight is 294 g/mol. The minimum atomic E-state index is -0.865. The molecular formula is C13H18N4O4. The van der Waals surface area contributed by atoms with Gasteiger partial charge in [-0.2, -0.15) is 0 Å². The zero-order chi connectivity index (χ0) is 16.0. The van der Waals surface area contributed by atoms with Crippen molar-refractivity contribution < 1.29 is 14.5 Å². The van der Waals surface area contributed by atoms with Gasteiger partial charge in [0.15, 0.2) is 0 Å². The molecule has 8 heteroatoms. The highest BCUT2D eigenvalue weighted by Gasteiger charge is 2.23. The van der Waals surface area contributed by atoms with Crippen LogP contribution in [0.15, 0.2) is 18.2 Å². The molecule has 0 aliphatic carbocycles. The van der Waals surface area contributed by atoms with Gasteiger partial charge in [-0.05, 0) is 19.4 Å². The summed E-state index contributed by atoms with van der Waals surface area (Å²) in [4.78, 5) is 33.6. The number of benzene rings is 1. The van der Waals surface area contributed by atoms with E-state index in [2.05, 4.69) is 10.6 Å². The zero-order valence-electron chi connectivity index (χ0n) is 11.9. The van der Waals surface area contributed by atoms with Crippen molar-refractivity contribution in [2.45, 2.75) is 26.3 Å². The topological polar surface area (TPSA) is 127 Å². The van der Waals surface area contributed by atoms with Gasteiger partial charge in [-0.25, -0.2) is 0 Å². The first-order valence-corrected chi connectivity index (χ1v) is 6.50. The molecule has 0 radical (unpaired) electrons. The molecular weight excluding hydrogens is 276 g/mol. The van der Waals surface area contributed by atoms with Gasteiger partial charge in [0.2, 0.25) is 5.91 Å². The Kier molecular flexibility index (Phi) is 5.65. The molecule has 0 bridgehead atoms. The van der Waals surface area contributed by atoms with Gasteiger partial charge < -0.3 is 16.4 Å². The molecule has 21 heavy (non-hydrogen) atoms. The van der Waals surface area contributed by atoms with Gasteiger partial charge in [0.25, 0.3) is 11.6 Å². The van der Waals surface area contributed by atoms with Crippen LogP contribution in [0.2, 0.25) is 0 Å². The van der Waals surface area contributed by atoms with E-state index in [1.165, 1.54) is 25.1 Å². The van der Waals surface area contributed by atoms with E-state index in [1.807, 2.05) is 6.92 Å². The number of amides is 2. The van der Waals surface area contributed by atoms with Crippen molar-refractivity contribution in [3.05, 3.63) is 33.9 Å². The summed E-state index contributed by atoms with van der Waals surface area (Å²) < 4.78 is 0. The van der Waals surface area contributed by atoms with Gasteiger partial charge in [0, 0.05) is 12.6 Å². The Bertz CT molecular complexity index is 559. The number of nitro groups is 1. The number of hydrogen-bond donors (Lipinski definition) is 3. The summed E-state index contributed by atoms with van der Waals surface area (Å²) in [5, 5.41) is 16.3. The van der Waals surface area contributed by atoms with Crippen molar-refractivity contribution in [3.63, 3.8) is 0 Å². The summed E-state index contributed by atoms with van der Waals surface area (Å²) in [6.07, 6.45) is 0.741. The fraction of sp³-hybridized carbons (Fsp3) is 0.385. The fourth-order valence-electron chi connectivity index (χ4n) is 1.66. The van der Waals surface area contributed by atoms with E-state index < -0.39 is 22.8 Å². The lowest BCUT2D eigenvalue weighted by Crippen LogP contribution is -2.42. The van der Waals surface area contributed by atoms with Crippen LogP contribution in [0.1, 0.15) is 30.6 Å². The third-order valence-electron chi connectivity index (χ3n) is 2.81. The van der Waals surface area contributed by atoms with Gasteiger partial charge in [0.1, 0.15) is 11.7 Å². The lowest BCUT2D eigenvalue weighted by molar-refractivity contribution is -0.384. The molecule has 0 spiro atoms. The maximum absolute atomic E-state index is 12.1. The lowest BCUT2D eigenvalue weighted by Gasteiger charge is -2.14. The summed E-state index contributed by atoms with van der Waals surface area (Å²) in [6, 6.07) is 3.31. The predicted molar refractivity (Wildman–Crippen MR) is 78.0 cm³/mol. The molecule has 1 atom stereocenters. The number of anilines is 1. The second-order valence-corrected chi connectivity index (χ2v) is 4.48. The molecule has 0 heterocycles. The normalized spacial score (nSPS) is 11.5. The Balaban J connectivity index is 3.15. The Morgan fingerprint density at radius 2 is 2.10 bits per heavy atom. The van der Waals surface area contributed by atoms with Crippen LogP contribution in [0.25, 0.3) is 0 Å². The van der Waals surface area contributed by atoms with Crippen molar-refractivity contribution >= 4 is 23.2 Å². The lowest BCUT2D eigenvalue weighted by atomic mass is 10.1. The largest absolute Gasteiger partial charge is 0.379 e. The third-order valence-corrected chi connectivity index (χ3v) is 2.81. The number of nitrogens with two attached hydrogens (primary N) is 1. The second-order valence-electron chi connectivity index (χ2n) is 4.48. The first-order valence-electron chi connectivity index (χ1n) is 6.50. The highest BCUT2D eigenvalue weighted by atomic mass is 16.6. The molecule has 1 aromatic carbocycles. The average Bonchev–Trinajstić information content (AvgIpc) is 2.44. The van der Waals surface area contributed by atoms with Crippen LogP contribution < -0.4 is 16.4 Å². The highest BCUT2D eigenvalue weighted by Crippen LogP contribution is 2.28. The van der Waals surface area contributed by atoms with Crippen molar-refractivity contribution in [2.75, 3.05) is 11.9 Å². The van der Waals surface area contributed by atoms with E-state index in [0.717, 1.165) is 6.42 Å². The van der Waals surface area contributed by atoms with Gasteiger partial charge in [0.05, 0.1) is 10.5 Å². The number of carbonyl (C=O) groups excluding carboxylic acids is 2. The monoisotopic (exact) mass is 294 g/mol. The summed E-state index contributed by atoms with van der Waals surface area (Å²) in [6.45, 7) is 3.82. The van der Waals surface area contributed by atoms with Crippen LogP contribution in [0.5, 0.6) is 0 Å². The smallest absolute Gasteiger partial charge is 0.293 e. The Labute approximate surface area is 121 Å². The first kappa shape index (κ1) is 16.4. The van der Waals surface area contributed by atoms with E-state index in [4.69, 9.17) is 5.73 Å².